The summed E-state index contributed by atoms with van der Waals surface area (Å²) in [5.41, 5.74) is 5.17. The molecular weight excluding hydrogens is 208 g/mol. The first-order chi connectivity index (χ1) is 8.11. The summed E-state index contributed by atoms with van der Waals surface area (Å²) < 4.78 is 0. The second kappa shape index (κ2) is 3.76. The summed E-state index contributed by atoms with van der Waals surface area (Å²) in [6.07, 6.45) is 11.4. The van der Waals surface area contributed by atoms with E-state index in [0.29, 0.717) is 11.2 Å². The van der Waals surface area contributed by atoms with Crippen LogP contribution < -0.4 is 0 Å². The van der Waals surface area contributed by atoms with Crippen molar-refractivity contribution < 1.29 is 5.11 Å². The first-order valence-electron chi connectivity index (χ1n) is 6.90. The van der Waals surface area contributed by atoms with E-state index in [0.717, 1.165) is 18.8 Å². The van der Waals surface area contributed by atoms with Crippen molar-refractivity contribution in [2.45, 2.75) is 52.4 Å². The third-order valence-electron chi connectivity index (χ3n) is 5.24. The van der Waals surface area contributed by atoms with Crippen LogP contribution in [0.4, 0.5) is 0 Å². The summed E-state index contributed by atoms with van der Waals surface area (Å²) in [6, 6.07) is 0. The summed E-state index contributed by atoms with van der Waals surface area (Å²) in [7, 11) is 0. The van der Waals surface area contributed by atoms with Crippen molar-refractivity contribution in [3.8, 4) is 0 Å². The fourth-order valence-corrected chi connectivity index (χ4v) is 4.14. The molecule has 0 radical (unpaired) electrons. The highest BCUT2D eigenvalue weighted by atomic mass is 16.3. The Labute approximate surface area is 104 Å². The Balaban J connectivity index is 2.03. The van der Waals surface area contributed by atoms with Crippen molar-refractivity contribution in [1.29, 1.82) is 0 Å². The minimum absolute atomic E-state index is 0.293. The van der Waals surface area contributed by atoms with Crippen LogP contribution in [0.25, 0.3) is 0 Å². The van der Waals surface area contributed by atoms with Crippen LogP contribution in [0, 0.1) is 11.3 Å². The molecule has 3 rings (SSSR count). The molecule has 0 bridgehead atoms. The van der Waals surface area contributed by atoms with Gasteiger partial charge in [-0.25, -0.2) is 0 Å². The van der Waals surface area contributed by atoms with Gasteiger partial charge in [-0.1, -0.05) is 23.6 Å². The number of fused-ring (bicyclic) bond motifs is 3. The van der Waals surface area contributed by atoms with Crippen molar-refractivity contribution >= 4 is 0 Å². The van der Waals surface area contributed by atoms with Gasteiger partial charge in [0.15, 0.2) is 0 Å². The van der Waals surface area contributed by atoms with Crippen molar-refractivity contribution in [2.75, 3.05) is 0 Å². The molecule has 0 aromatic carbocycles. The maximum Gasteiger partial charge on any atom is 0.111 e. The van der Waals surface area contributed by atoms with Gasteiger partial charge in [0, 0.05) is 0 Å². The minimum atomic E-state index is 0.293. The molecule has 0 aliphatic heterocycles. The Hall–Kier alpha value is -0.980. The van der Waals surface area contributed by atoms with Crippen LogP contribution in [0.5, 0.6) is 0 Å². The molecule has 92 valence electrons. The van der Waals surface area contributed by atoms with Gasteiger partial charge in [0.25, 0.3) is 0 Å². The van der Waals surface area contributed by atoms with Crippen LogP contribution in [-0.4, -0.2) is 5.11 Å². The first-order valence-corrected chi connectivity index (χ1v) is 6.90. The van der Waals surface area contributed by atoms with Crippen LogP contribution in [0.1, 0.15) is 52.4 Å². The minimum Gasteiger partial charge on any atom is -0.508 e. The third kappa shape index (κ3) is 1.59. The van der Waals surface area contributed by atoms with Crippen LogP contribution >= 0.6 is 0 Å². The second-order valence-electron chi connectivity index (χ2n) is 6.17. The van der Waals surface area contributed by atoms with E-state index in [9.17, 15) is 5.11 Å². The molecule has 1 nitrogen and oxygen atoms in total. The SMILES string of the molecule is CC1=C2CCC3=CC(O)=CCC3(C)C2CCC1. The van der Waals surface area contributed by atoms with Crippen molar-refractivity contribution in [2.24, 2.45) is 11.3 Å². The molecule has 17 heavy (non-hydrogen) atoms. The molecule has 2 unspecified atom stereocenters. The molecule has 0 aromatic heterocycles. The summed E-state index contributed by atoms with van der Waals surface area (Å²) in [4.78, 5) is 0. The van der Waals surface area contributed by atoms with E-state index in [1.807, 2.05) is 12.2 Å². The molecular formula is C16H22O. The molecule has 0 amide bonds. The van der Waals surface area contributed by atoms with Crippen molar-refractivity contribution in [3.05, 3.63) is 34.6 Å². The lowest BCUT2D eigenvalue weighted by atomic mass is 9.56. The average molecular weight is 230 g/mol. The average Bonchev–Trinajstić information content (AvgIpc) is 2.31. The molecule has 1 heteroatoms. The Morgan fingerprint density at radius 1 is 1.29 bits per heavy atom. The zero-order valence-electron chi connectivity index (χ0n) is 10.9. The third-order valence-corrected chi connectivity index (χ3v) is 5.24. The normalized spacial score (nSPS) is 36.9. The first kappa shape index (κ1) is 11.1. The maximum atomic E-state index is 9.68. The Kier molecular flexibility index (Phi) is 2.46. The fourth-order valence-electron chi connectivity index (χ4n) is 4.14. The molecule has 2 atom stereocenters. The highest BCUT2D eigenvalue weighted by Gasteiger charge is 2.44. The zero-order chi connectivity index (χ0) is 12.0. The lowest BCUT2D eigenvalue weighted by molar-refractivity contribution is 0.206. The van der Waals surface area contributed by atoms with E-state index in [1.54, 1.807) is 11.1 Å². The lowest BCUT2D eigenvalue weighted by Crippen LogP contribution is -2.37. The summed E-state index contributed by atoms with van der Waals surface area (Å²) >= 11 is 0. The van der Waals surface area contributed by atoms with Gasteiger partial charge in [-0.3, -0.25) is 0 Å². The Bertz CT molecular complexity index is 438. The highest BCUT2D eigenvalue weighted by molar-refractivity contribution is 5.38. The number of allylic oxidation sites excluding steroid dienone is 5. The van der Waals surface area contributed by atoms with E-state index in [-0.39, 0.29) is 0 Å². The van der Waals surface area contributed by atoms with Crippen LogP contribution in [-0.2, 0) is 0 Å². The Morgan fingerprint density at radius 3 is 2.94 bits per heavy atom. The topological polar surface area (TPSA) is 20.2 Å². The molecule has 3 aliphatic carbocycles. The van der Waals surface area contributed by atoms with Gasteiger partial charge in [-0.05, 0) is 68.9 Å². The lowest BCUT2D eigenvalue weighted by Gasteiger charge is -2.48. The number of hydrogen-bond acceptors (Lipinski definition) is 1. The van der Waals surface area contributed by atoms with E-state index in [2.05, 4.69) is 13.8 Å². The van der Waals surface area contributed by atoms with E-state index in [1.165, 1.54) is 31.3 Å². The summed E-state index contributed by atoms with van der Waals surface area (Å²) in [5.74, 6) is 1.22. The Morgan fingerprint density at radius 2 is 2.12 bits per heavy atom. The molecule has 1 fully saturated rings. The van der Waals surface area contributed by atoms with Gasteiger partial charge in [0.05, 0.1) is 0 Å². The molecule has 0 heterocycles. The zero-order valence-corrected chi connectivity index (χ0v) is 10.9. The van der Waals surface area contributed by atoms with Gasteiger partial charge in [-0.2, -0.15) is 0 Å². The number of hydrogen-bond donors (Lipinski definition) is 1. The number of aliphatic hydroxyl groups is 1. The predicted molar refractivity (Wildman–Crippen MR) is 70.8 cm³/mol. The second-order valence-corrected chi connectivity index (χ2v) is 6.17. The molecule has 3 aliphatic rings. The summed E-state index contributed by atoms with van der Waals surface area (Å²) in [6.45, 7) is 4.74. The fraction of sp³-hybridized carbons (Fsp3) is 0.625. The van der Waals surface area contributed by atoms with Gasteiger partial charge in [0.1, 0.15) is 5.76 Å². The van der Waals surface area contributed by atoms with Crippen LogP contribution in [0.15, 0.2) is 34.6 Å². The quantitative estimate of drug-likeness (QED) is 0.599. The molecule has 0 saturated heterocycles. The molecule has 0 aromatic rings. The largest absolute Gasteiger partial charge is 0.508 e. The van der Waals surface area contributed by atoms with Gasteiger partial charge in [-0.15, -0.1) is 0 Å². The standard InChI is InChI=1S/C16H22O/c1-11-4-3-5-15-14(11)7-6-12-10-13(17)8-9-16(12,15)2/h8,10,15,17H,3-7,9H2,1-2H3. The van der Waals surface area contributed by atoms with Crippen LogP contribution in [0.2, 0.25) is 0 Å². The van der Waals surface area contributed by atoms with Gasteiger partial charge in [0.2, 0.25) is 0 Å². The van der Waals surface area contributed by atoms with E-state index in [4.69, 9.17) is 0 Å². The number of rotatable bonds is 0. The number of aliphatic hydroxyl groups excluding tert-OH is 1. The van der Waals surface area contributed by atoms with Crippen LogP contribution in [0.3, 0.4) is 0 Å². The summed E-state index contributed by atoms with van der Waals surface area (Å²) in [5, 5.41) is 9.68. The highest BCUT2D eigenvalue weighted by Crippen LogP contribution is 2.56. The molecule has 1 N–H and O–H groups in total. The monoisotopic (exact) mass is 230 g/mol. The van der Waals surface area contributed by atoms with Gasteiger partial charge >= 0.3 is 0 Å². The van der Waals surface area contributed by atoms with Crippen molar-refractivity contribution in [1.82, 2.24) is 0 Å². The van der Waals surface area contributed by atoms with E-state index >= 15 is 0 Å². The molecule has 1 saturated carbocycles. The predicted octanol–water partition coefficient (Wildman–Crippen LogP) is 4.68. The molecule has 0 spiro atoms. The van der Waals surface area contributed by atoms with E-state index < -0.39 is 0 Å². The van der Waals surface area contributed by atoms with Crippen molar-refractivity contribution in [3.63, 3.8) is 0 Å². The smallest absolute Gasteiger partial charge is 0.111 e. The van der Waals surface area contributed by atoms with Gasteiger partial charge < -0.3 is 5.11 Å². The maximum absolute atomic E-state index is 9.68.